The van der Waals surface area contributed by atoms with E-state index in [1.54, 1.807) is 0 Å². The Hall–Kier alpha value is -0.860. The van der Waals surface area contributed by atoms with Gasteiger partial charge >= 0.3 is 5.97 Å². The summed E-state index contributed by atoms with van der Waals surface area (Å²) in [5.74, 6) is 0.428. The molecule has 3 nitrogen and oxygen atoms in total. The number of rotatable bonds is 9. The molecule has 0 aromatic carbocycles. The second kappa shape index (κ2) is 9.20. The third kappa shape index (κ3) is 11.4. The second-order valence-corrected chi connectivity index (χ2v) is 4.79. The minimum Gasteiger partial charge on any atom is -0.462 e. The molecule has 0 aliphatic heterocycles. The maximum absolute atomic E-state index is 11.4. The highest BCUT2D eigenvalue weighted by Gasteiger charge is 2.09. The molecule has 0 bridgehead atoms. The van der Waals surface area contributed by atoms with E-state index < -0.39 is 12.1 Å². The molecule has 0 aliphatic carbocycles. The van der Waals surface area contributed by atoms with Crippen molar-refractivity contribution in [3.05, 3.63) is 13.8 Å². The van der Waals surface area contributed by atoms with Gasteiger partial charge in [-0.25, -0.2) is 0 Å². The monoisotopic (exact) mass is 240 g/mol. The molecule has 0 saturated heterocycles. The smallest absolute Gasteiger partial charge is 0.306 e. The van der Waals surface area contributed by atoms with Crippen LogP contribution in [0.25, 0.3) is 0 Å². The molecule has 17 heavy (non-hydrogen) atoms. The molecular formula is C14H24O3. The van der Waals surface area contributed by atoms with Gasteiger partial charge in [-0.3, -0.25) is 9.59 Å². The standard InChI is InChI=1S/C14H24O3/c1-11(2)7-5-6-8-13(15)9-10-14(16)17-12(3)4/h11-12H,3-10H2,1-2H3. The van der Waals surface area contributed by atoms with Crippen LogP contribution in [0.4, 0.5) is 0 Å². The molecule has 0 amide bonds. The van der Waals surface area contributed by atoms with E-state index in [4.69, 9.17) is 4.74 Å². The molecule has 0 aromatic rings. The van der Waals surface area contributed by atoms with Crippen LogP contribution in [0.1, 0.15) is 52.4 Å². The molecule has 2 radical (unpaired) electrons. The molecule has 0 heterocycles. The van der Waals surface area contributed by atoms with E-state index in [1.165, 1.54) is 0 Å². The summed E-state index contributed by atoms with van der Waals surface area (Å²) in [7, 11) is 0. The van der Waals surface area contributed by atoms with E-state index in [1.807, 2.05) is 0 Å². The quantitative estimate of drug-likeness (QED) is 0.459. The predicted octanol–water partition coefficient (Wildman–Crippen LogP) is 3.13. The first-order valence-electron chi connectivity index (χ1n) is 6.29. The zero-order chi connectivity index (χ0) is 13.3. The Bertz CT molecular complexity index is 232. The number of hydrogen-bond acceptors (Lipinski definition) is 3. The number of carbonyl (C=O) groups excluding carboxylic acids is 2. The SMILES string of the molecule is [CH2]C([CH2])OC(=O)CCC(=O)CCCCC(C)C. The maximum atomic E-state index is 11.4. The molecule has 0 fully saturated rings. The van der Waals surface area contributed by atoms with Crippen molar-refractivity contribution in [3.8, 4) is 0 Å². The van der Waals surface area contributed by atoms with Gasteiger partial charge in [-0.05, 0) is 26.2 Å². The van der Waals surface area contributed by atoms with E-state index in [-0.39, 0.29) is 18.6 Å². The minimum absolute atomic E-state index is 0.135. The average molecular weight is 240 g/mol. The normalized spacial score (nSPS) is 10.9. The zero-order valence-electron chi connectivity index (χ0n) is 11.0. The van der Waals surface area contributed by atoms with E-state index in [2.05, 4.69) is 27.7 Å². The van der Waals surface area contributed by atoms with Crippen molar-refractivity contribution in [1.82, 2.24) is 0 Å². The van der Waals surface area contributed by atoms with Gasteiger partial charge in [0.15, 0.2) is 0 Å². The third-order valence-electron chi connectivity index (χ3n) is 2.39. The summed E-state index contributed by atoms with van der Waals surface area (Å²) in [5, 5.41) is 0. The molecule has 0 unspecified atom stereocenters. The summed E-state index contributed by atoms with van der Waals surface area (Å²) in [5.41, 5.74) is 0. The number of Topliss-reactive ketones (excluding diaryl/α,β-unsaturated/α-hetero) is 1. The van der Waals surface area contributed by atoms with Gasteiger partial charge in [-0.2, -0.15) is 0 Å². The van der Waals surface area contributed by atoms with Crippen molar-refractivity contribution in [2.24, 2.45) is 5.92 Å². The van der Waals surface area contributed by atoms with Crippen LogP contribution in [-0.2, 0) is 14.3 Å². The van der Waals surface area contributed by atoms with Crippen molar-refractivity contribution in [1.29, 1.82) is 0 Å². The van der Waals surface area contributed by atoms with Crippen LogP contribution in [0.2, 0.25) is 0 Å². The fourth-order valence-corrected chi connectivity index (χ4v) is 1.49. The third-order valence-corrected chi connectivity index (χ3v) is 2.39. The van der Waals surface area contributed by atoms with Gasteiger partial charge in [0, 0.05) is 12.8 Å². The van der Waals surface area contributed by atoms with Crippen molar-refractivity contribution in [2.75, 3.05) is 0 Å². The Morgan fingerprint density at radius 2 is 1.71 bits per heavy atom. The number of esters is 1. The van der Waals surface area contributed by atoms with E-state index in [0.717, 1.165) is 19.3 Å². The Labute approximate surface area is 105 Å². The summed E-state index contributed by atoms with van der Waals surface area (Å²) in [4.78, 5) is 22.6. The number of ketones is 1. The maximum Gasteiger partial charge on any atom is 0.306 e. The van der Waals surface area contributed by atoms with Crippen LogP contribution in [-0.4, -0.2) is 17.9 Å². The van der Waals surface area contributed by atoms with E-state index in [0.29, 0.717) is 12.3 Å². The van der Waals surface area contributed by atoms with Gasteiger partial charge in [-0.1, -0.05) is 26.7 Å². The lowest BCUT2D eigenvalue weighted by atomic mass is 10.0. The summed E-state index contributed by atoms with van der Waals surface area (Å²) in [6.45, 7) is 11.2. The first kappa shape index (κ1) is 16.1. The summed E-state index contributed by atoms with van der Waals surface area (Å²) < 4.78 is 4.74. The average Bonchev–Trinajstić information content (AvgIpc) is 2.20. The van der Waals surface area contributed by atoms with Crippen molar-refractivity contribution >= 4 is 11.8 Å². The van der Waals surface area contributed by atoms with Crippen LogP contribution < -0.4 is 0 Å². The lowest BCUT2D eigenvalue weighted by molar-refractivity contribution is -0.146. The molecule has 98 valence electrons. The van der Waals surface area contributed by atoms with Crippen molar-refractivity contribution in [2.45, 2.75) is 58.5 Å². The Morgan fingerprint density at radius 3 is 2.24 bits per heavy atom. The number of unbranched alkanes of at least 4 members (excludes halogenated alkanes) is 1. The highest BCUT2D eigenvalue weighted by Crippen LogP contribution is 2.09. The molecule has 0 atom stereocenters. The molecule has 0 N–H and O–H groups in total. The lowest BCUT2D eigenvalue weighted by Crippen LogP contribution is -2.13. The fourth-order valence-electron chi connectivity index (χ4n) is 1.49. The molecule has 0 spiro atoms. The predicted molar refractivity (Wildman–Crippen MR) is 68.1 cm³/mol. The van der Waals surface area contributed by atoms with Crippen LogP contribution in [0, 0.1) is 19.8 Å². The van der Waals surface area contributed by atoms with E-state index in [9.17, 15) is 9.59 Å². The molecular weight excluding hydrogens is 216 g/mol. The Balaban J connectivity index is 3.49. The van der Waals surface area contributed by atoms with Gasteiger partial charge in [0.1, 0.15) is 11.9 Å². The molecule has 3 heteroatoms. The van der Waals surface area contributed by atoms with Crippen LogP contribution in [0.3, 0.4) is 0 Å². The van der Waals surface area contributed by atoms with E-state index >= 15 is 0 Å². The summed E-state index contributed by atoms with van der Waals surface area (Å²) in [6, 6.07) is 0. The van der Waals surface area contributed by atoms with Gasteiger partial charge in [0.05, 0.1) is 6.42 Å². The lowest BCUT2D eigenvalue weighted by Gasteiger charge is -2.07. The topological polar surface area (TPSA) is 43.4 Å². The number of hydrogen-bond donors (Lipinski definition) is 0. The van der Waals surface area contributed by atoms with Crippen LogP contribution in [0.15, 0.2) is 0 Å². The van der Waals surface area contributed by atoms with Crippen LogP contribution in [0.5, 0.6) is 0 Å². The second-order valence-electron chi connectivity index (χ2n) is 4.79. The van der Waals surface area contributed by atoms with Crippen molar-refractivity contribution < 1.29 is 14.3 Å². The number of ether oxygens (including phenoxy) is 1. The Kier molecular flexibility index (Phi) is 8.73. The van der Waals surface area contributed by atoms with Gasteiger partial charge in [0.25, 0.3) is 0 Å². The first-order valence-corrected chi connectivity index (χ1v) is 6.29. The molecule has 0 aliphatic rings. The highest BCUT2D eigenvalue weighted by atomic mass is 16.5. The zero-order valence-corrected chi connectivity index (χ0v) is 11.0. The van der Waals surface area contributed by atoms with Gasteiger partial charge in [0.2, 0.25) is 0 Å². The minimum atomic E-state index is -0.594. The first-order chi connectivity index (χ1) is 7.91. The van der Waals surface area contributed by atoms with Crippen LogP contribution >= 0.6 is 0 Å². The Morgan fingerprint density at radius 1 is 1.06 bits per heavy atom. The highest BCUT2D eigenvalue weighted by molar-refractivity contribution is 5.82. The molecule has 0 saturated carbocycles. The molecule has 0 aromatic heterocycles. The largest absolute Gasteiger partial charge is 0.462 e. The summed E-state index contributed by atoms with van der Waals surface area (Å²) in [6.07, 6.45) is 3.53. The van der Waals surface area contributed by atoms with Crippen molar-refractivity contribution in [3.63, 3.8) is 0 Å². The molecule has 0 rings (SSSR count). The summed E-state index contributed by atoms with van der Waals surface area (Å²) >= 11 is 0. The fraction of sp³-hybridized carbons (Fsp3) is 0.714. The van der Waals surface area contributed by atoms with Gasteiger partial charge in [-0.15, -0.1) is 0 Å². The number of carbonyl (C=O) groups is 2. The van der Waals surface area contributed by atoms with Gasteiger partial charge < -0.3 is 4.74 Å².